The summed E-state index contributed by atoms with van der Waals surface area (Å²) in [6, 6.07) is 20.8. The molecule has 0 aliphatic carbocycles. The van der Waals surface area contributed by atoms with Crippen molar-refractivity contribution in [1.29, 1.82) is 0 Å². The van der Waals surface area contributed by atoms with Gasteiger partial charge in [-0.25, -0.2) is 38.4 Å². The predicted octanol–water partition coefficient (Wildman–Crippen LogP) is 4.12. The Hall–Kier alpha value is -7.36. The normalized spacial score (nSPS) is 10.3. The van der Waals surface area contributed by atoms with Gasteiger partial charge in [0.25, 0.3) is 0 Å². The first-order valence-corrected chi connectivity index (χ1v) is 15.8. The van der Waals surface area contributed by atoms with Gasteiger partial charge in [-0.05, 0) is 97.1 Å². The average Bonchev–Trinajstić information content (AvgIpc) is 3.19. The van der Waals surface area contributed by atoms with E-state index in [0.29, 0.717) is 0 Å². The number of carbonyl (C=O) groups excluding carboxylic acids is 6. The number of hydrogen-bond acceptors (Lipinski definition) is 14. The van der Waals surface area contributed by atoms with Crippen LogP contribution in [0, 0.1) is 0 Å². The van der Waals surface area contributed by atoms with Crippen LogP contribution in [-0.4, -0.2) is 97.6 Å². The van der Waals surface area contributed by atoms with E-state index in [0.717, 1.165) is 0 Å². The zero-order valence-electron chi connectivity index (χ0n) is 28.1. The van der Waals surface area contributed by atoms with Gasteiger partial charge in [-0.3, -0.25) is 0 Å². The van der Waals surface area contributed by atoms with Gasteiger partial charge in [0.1, 0.15) is 39.6 Å². The maximum absolute atomic E-state index is 12.4. The van der Waals surface area contributed by atoms with Crippen LogP contribution < -0.4 is 0 Å². The molecule has 4 rings (SSSR count). The van der Waals surface area contributed by atoms with E-state index in [2.05, 4.69) is 0 Å². The second-order valence-corrected chi connectivity index (χ2v) is 10.7. The maximum atomic E-state index is 12.4. The summed E-state index contributed by atoms with van der Waals surface area (Å²) in [5, 5.41) is 17.8. The Morgan fingerprint density at radius 1 is 0.278 bits per heavy atom. The Morgan fingerprint density at radius 2 is 0.407 bits per heavy atom. The average molecular weight is 743 g/mol. The first-order valence-electron chi connectivity index (χ1n) is 15.8. The first-order chi connectivity index (χ1) is 25.9. The standard InChI is InChI=1S/C38H30O16/c39-31(40)23-1-5-25(6-2-23)33(43)49-17-19-51-35(45)27-9-13-29(14-10-27)37(47)53-21-22-54-38(48)30-15-11-28(12-16-30)36(46)52-20-18-50-34(44)26-7-3-24(4-8-26)32(41)42/h1-16H,17-22H2,(H,39,40)(H,41,42). The fourth-order valence-electron chi connectivity index (χ4n) is 4.29. The Balaban J connectivity index is 1.09. The molecule has 4 aromatic rings. The topological polar surface area (TPSA) is 232 Å². The Morgan fingerprint density at radius 3 is 0.537 bits per heavy atom. The van der Waals surface area contributed by atoms with Gasteiger partial charge in [0, 0.05) is 0 Å². The number of carboxylic acids is 2. The quantitative estimate of drug-likeness (QED) is 0.0880. The van der Waals surface area contributed by atoms with Crippen molar-refractivity contribution in [2.24, 2.45) is 0 Å². The SMILES string of the molecule is O=C(O)c1ccc(C(=O)OCCOC(=O)c2ccc(C(=O)OCCOC(=O)c3ccc(C(=O)OCCOC(=O)c4ccc(C(=O)O)cc4)cc3)cc2)cc1. The number of hydrogen-bond donors (Lipinski definition) is 2. The summed E-state index contributed by atoms with van der Waals surface area (Å²) in [7, 11) is 0. The summed E-state index contributed by atoms with van der Waals surface area (Å²) in [6.07, 6.45) is 0. The summed E-state index contributed by atoms with van der Waals surface area (Å²) in [6.45, 7) is -1.57. The summed E-state index contributed by atoms with van der Waals surface area (Å²) in [5.74, 6) is -6.70. The second-order valence-electron chi connectivity index (χ2n) is 10.7. The molecule has 0 amide bonds. The number of esters is 6. The molecule has 0 aromatic heterocycles. The molecule has 0 radical (unpaired) electrons. The molecule has 0 aliphatic rings. The maximum Gasteiger partial charge on any atom is 0.338 e. The molecule has 278 valence electrons. The molecule has 0 spiro atoms. The third-order valence-electron chi connectivity index (χ3n) is 7.10. The molecule has 0 atom stereocenters. The van der Waals surface area contributed by atoms with Crippen molar-refractivity contribution in [3.8, 4) is 0 Å². The number of benzene rings is 4. The fraction of sp³-hybridized carbons (Fsp3) is 0.158. The largest absolute Gasteiger partial charge is 0.478 e. The third-order valence-corrected chi connectivity index (χ3v) is 7.10. The smallest absolute Gasteiger partial charge is 0.338 e. The zero-order valence-corrected chi connectivity index (χ0v) is 28.1. The van der Waals surface area contributed by atoms with Gasteiger partial charge in [0.15, 0.2) is 0 Å². The molecule has 0 bridgehead atoms. The minimum atomic E-state index is -1.14. The highest BCUT2D eigenvalue weighted by Crippen LogP contribution is 2.11. The first kappa shape index (κ1) is 39.4. The van der Waals surface area contributed by atoms with E-state index in [1.54, 1.807) is 0 Å². The molecular formula is C38H30O16. The minimum Gasteiger partial charge on any atom is -0.478 e. The van der Waals surface area contributed by atoms with E-state index in [4.69, 9.17) is 38.6 Å². The summed E-state index contributed by atoms with van der Waals surface area (Å²) < 4.78 is 30.3. The Kier molecular flexibility index (Phi) is 14.1. The zero-order chi connectivity index (χ0) is 39.0. The second kappa shape index (κ2) is 19.3. The molecule has 16 heteroatoms. The highest BCUT2D eigenvalue weighted by atomic mass is 16.6. The summed E-state index contributed by atoms with van der Waals surface area (Å²) in [4.78, 5) is 95.2. The van der Waals surface area contributed by atoms with Crippen molar-refractivity contribution < 1.29 is 77.0 Å². The van der Waals surface area contributed by atoms with Crippen molar-refractivity contribution in [3.63, 3.8) is 0 Å². The van der Waals surface area contributed by atoms with Crippen LogP contribution in [0.2, 0.25) is 0 Å². The Bertz CT molecular complexity index is 1850. The fourth-order valence-corrected chi connectivity index (χ4v) is 4.29. The highest BCUT2D eigenvalue weighted by Gasteiger charge is 2.15. The van der Waals surface area contributed by atoms with Gasteiger partial charge in [0.05, 0.1) is 44.5 Å². The van der Waals surface area contributed by atoms with Crippen molar-refractivity contribution in [3.05, 3.63) is 142 Å². The highest BCUT2D eigenvalue weighted by molar-refractivity contribution is 5.95. The van der Waals surface area contributed by atoms with E-state index in [1.165, 1.54) is 97.1 Å². The molecule has 16 nitrogen and oxygen atoms in total. The van der Waals surface area contributed by atoms with E-state index in [-0.39, 0.29) is 84.1 Å². The van der Waals surface area contributed by atoms with E-state index < -0.39 is 47.8 Å². The van der Waals surface area contributed by atoms with Crippen LogP contribution in [0.1, 0.15) is 82.9 Å². The molecule has 0 unspecified atom stereocenters. The van der Waals surface area contributed by atoms with E-state index >= 15 is 0 Å². The van der Waals surface area contributed by atoms with E-state index in [9.17, 15) is 38.4 Å². The Labute approximate surface area is 305 Å². The van der Waals surface area contributed by atoms with Crippen LogP contribution in [0.4, 0.5) is 0 Å². The molecule has 4 aromatic carbocycles. The molecule has 2 N–H and O–H groups in total. The number of ether oxygens (including phenoxy) is 6. The summed E-state index contributed by atoms with van der Waals surface area (Å²) in [5.41, 5.74) is 0.709. The lowest BCUT2D eigenvalue weighted by molar-refractivity contribution is 0.0261. The number of aromatic carboxylic acids is 2. The van der Waals surface area contributed by atoms with Gasteiger partial charge in [-0.2, -0.15) is 0 Å². The molecule has 0 aliphatic heterocycles. The number of rotatable bonds is 17. The molecular weight excluding hydrogens is 712 g/mol. The summed E-state index contributed by atoms with van der Waals surface area (Å²) >= 11 is 0. The van der Waals surface area contributed by atoms with Crippen molar-refractivity contribution in [1.82, 2.24) is 0 Å². The molecule has 54 heavy (non-hydrogen) atoms. The van der Waals surface area contributed by atoms with Crippen LogP contribution in [0.3, 0.4) is 0 Å². The van der Waals surface area contributed by atoms with Crippen LogP contribution in [0.25, 0.3) is 0 Å². The number of carbonyl (C=O) groups is 8. The van der Waals surface area contributed by atoms with Crippen LogP contribution in [0.15, 0.2) is 97.1 Å². The van der Waals surface area contributed by atoms with Crippen LogP contribution >= 0.6 is 0 Å². The lowest BCUT2D eigenvalue weighted by atomic mass is 10.1. The van der Waals surface area contributed by atoms with Crippen molar-refractivity contribution >= 4 is 47.8 Å². The van der Waals surface area contributed by atoms with Crippen LogP contribution in [0.5, 0.6) is 0 Å². The molecule has 0 saturated carbocycles. The van der Waals surface area contributed by atoms with Gasteiger partial charge in [0.2, 0.25) is 0 Å². The van der Waals surface area contributed by atoms with Gasteiger partial charge >= 0.3 is 47.8 Å². The minimum absolute atomic E-state index is 0.0102. The lowest BCUT2D eigenvalue weighted by Crippen LogP contribution is -2.16. The molecule has 0 heterocycles. The van der Waals surface area contributed by atoms with Crippen molar-refractivity contribution in [2.45, 2.75) is 0 Å². The van der Waals surface area contributed by atoms with E-state index in [1.807, 2.05) is 0 Å². The third kappa shape index (κ3) is 11.6. The molecule has 0 fully saturated rings. The molecule has 0 saturated heterocycles. The van der Waals surface area contributed by atoms with Crippen molar-refractivity contribution in [2.75, 3.05) is 39.6 Å². The monoisotopic (exact) mass is 742 g/mol. The van der Waals surface area contributed by atoms with Gasteiger partial charge in [-0.15, -0.1) is 0 Å². The van der Waals surface area contributed by atoms with Crippen LogP contribution in [-0.2, 0) is 28.4 Å². The predicted molar refractivity (Wildman–Crippen MR) is 181 cm³/mol. The number of carboxylic acid groups (broad SMARTS) is 2. The lowest BCUT2D eigenvalue weighted by Gasteiger charge is -2.09. The van der Waals surface area contributed by atoms with Gasteiger partial charge < -0.3 is 38.6 Å². The van der Waals surface area contributed by atoms with Gasteiger partial charge in [-0.1, -0.05) is 0 Å².